The fraction of sp³-hybridized carbons (Fsp3) is 0.429. The molecule has 1 heterocycles. The Hall–Kier alpha value is -1.46. The van der Waals surface area contributed by atoms with Crippen LogP contribution in [0.15, 0.2) is 35.5 Å². The molecule has 1 aliphatic rings. The maximum Gasteiger partial charge on any atom is 0.244 e. The van der Waals surface area contributed by atoms with Crippen LogP contribution in [0.5, 0.6) is 5.75 Å². The van der Waals surface area contributed by atoms with Crippen molar-refractivity contribution in [1.29, 1.82) is 0 Å². The van der Waals surface area contributed by atoms with Crippen molar-refractivity contribution >= 4 is 39.1 Å². The van der Waals surface area contributed by atoms with Crippen molar-refractivity contribution in [2.24, 2.45) is 4.99 Å². The average Bonchev–Trinajstić information content (AvgIpc) is 2.84. The lowest BCUT2D eigenvalue weighted by atomic mass is 9.78. The van der Waals surface area contributed by atoms with Gasteiger partial charge in [-0.2, -0.15) is 0 Å². The molecule has 5 heteroatoms. The molecule has 0 saturated heterocycles. The molecule has 1 aliphatic heterocycles. The first-order valence-electron chi connectivity index (χ1n) is 8.57. The second kappa shape index (κ2) is 7.65. The Bertz CT molecular complexity index is 758. The fourth-order valence-electron chi connectivity index (χ4n) is 2.62. The molecule has 0 radical (unpaired) electrons. The molecule has 0 amide bonds. The van der Waals surface area contributed by atoms with Crippen LogP contribution in [0.25, 0.3) is 6.08 Å². The van der Waals surface area contributed by atoms with Gasteiger partial charge in [0.05, 0.1) is 0 Å². The van der Waals surface area contributed by atoms with Gasteiger partial charge in [-0.1, -0.05) is 59.4 Å². The normalized spacial score (nSPS) is 16.9. The molecular formula is C21H27NO2S2. The van der Waals surface area contributed by atoms with Crippen LogP contribution >= 0.6 is 23.5 Å². The SMILES string of the molecule is C=CCSC1=N/C(=C\c2cc(C(C)(C)C)c(O)c(C(C)(C)C)c2)C(=O)S1. The number of benzene rings is 1. The Morgan fingerprint density at radius 1 is 1.15 bits per heavy atom. The van der Waals surface area contributed by atoms with E-state index in [0.717, 1.165) is 38.6 Å². The minimum Gasteiger partial charge on any atom is -0.507 e. The lowest BCUT2D eigenvalue weighted by Gasteiger charge is -2.27. The van der Waals surface area contributed by atoms with Gasteiger partial charge >= 0.3 is 0 Å². The first kappa shape index (κ1) is 20.8. The van der Waals surface area contributed by atoms with Crippen LogP contribution in [0.1, 0.15) is 58.2 Å². The molecule has 26 heavy (non-hydrogen) atoms. The Morgan fingerprint density at radius 2 is 1.69 bits per heavy atom. The molecule has 0 saturated carbocycles. The Kier molecular flexibility index (Phi) is 6.13. The molecular weight excluding hydrogens is 362 g/mol. The van der Waals surface area contributed by atoms with Crippen LogP contribution in [-0.4, -0.2) is 20.4 Å². The molecule has 0 aliphatic carbocycles. The second-order valence-electron chi connectivity index (χ2n) is 8.36. The van der Waals surface area contributed by atoms with Crippen LogP contribution in [0, 0.1) is 0 Å². The van der Waals surface area contributed by atoms with Crippen molar-refractivity contribution in [2.75, 3.05) is 5.75 Å². The lowest BCUT2D eigenvalue weighted by Crippen LogP contribution is -2.17. The lowest BCUT2D eigenvalue weighted by molar-refractivity contribution is -0.107. The highest BCUT2D eigenvalue weighted by Gasteiger charge is 2.27. The summed E-state index contributed by atoms with van der Waals surface area (Å²) in [6.45, 7) is 16.1. The fourth-order valence-corrected chi connectivity index (χ4v) is 4.22. The molecule has 1 N–H and O–H groups in total. The van der Waals surface area contributed by atoms with Crippen molar-refractivity contribution in [3.63, 3.8) is 0 Å². The van der Waals surface area contributed by atoms with Gasteiger partial charge in [-0.05, 0) is 46.4 Å². The molecule has 2 rings (SSSR count). The molecule has 0 atom stereocenters. The third kappa shape index (κ3) is 4.83. The Morgan fingerprint density at radius 3 is 2.15 bits per heavy atom. The van der Waals surface area contributed by atoms with E-state index in [1.54, 1.807) is 6.08 Å². The summed E-state index contributed by atoms with van der Waals surface area (Å²) in [7, 11) is 0. The Balaban J connectivity index is 2.55. The zero-order valence-corrected chi connectivity index (χ0v) is 18.0. The standard InChI is InChI=1S/C21H27NO2S2/c1-8-9-25-19-22-16(18(24)26-19)12-13-10-14(20(2,3)4)17(23)15(11-13)21(5,6)7/h8,10-12,23H,1,9H2,2-7H3/b16-12-. The highest BCUT2D eigenvalue weighted by molar-refractivity contribution is 8.45. The number of nitrogens with zero attached hydrogens (tertiary/aromatic N) is 1. The number of carbonyl (C=O) groups excluding carboxylic acids is 1. The molecule has 0 unspecified atom stereocenters. The highest BCUT2D eigenvalue weighted by atomic mass is 32.2. The van der Waals surface area contributed by atoms with Crippen LogP contribution in [0.2, 0.25) is 0 Å². The molecule has 0 aromatic heterocycles. The number of hydrogen-bond acceptors (Lipinski definition) is 5. The van der Waals surface area contributed by atoms with Gasteiger partial charge in [0.15, 0.2) is 0 Å². The van der Waals surface area contributed by atoms with Gasteiger partial charge in [-0.25, -0.2) is 4.99 Å². The zero-order valence-electron chi connectivity index (χ0n) is 16.3. The first-order valence-corrected chi connectivity index (χ1v) is 10.4. The zero-order chi connectivity index (χ0) is 19.7. The van der Waals surface area contributed by atoms with Crippen LogP contribution in [0.4, 0.5) is 0 Å². The van der Waals surface area contributed by atoms with Gasteiger partial charge in [0.25, 0.3) is 0 Å². The van der Waals surface area contributed by atoms with Gasteiger partial charge in [-0.15, -0.1) is 6.58 Å². The van der Waals surface area contributed by atoms with Crippen molar-refractivity contribution in [3.8, 4) is 5.75 Å². The molecule has 0 bridgehead atoms. The molecule has 0 fully saturated rings. The van der Waals surface area contributed by atoms with E-state index in [-0.39, 0.29) is 15.9 Å². The maximum absolute atomic E-state index is 12.3. The van der Waals surface area contributed by atoms with E-state index in [9.17, 15) is 9.90 Å². The summed E-state index contributed by atoms with van der Waals surface area (Å²) >= 11 is 2.68. The summed E-state index contributed by atoms with van der Waals surface area (Å²) in [4.78, 5) is 16.7. The molecule has 1 aromatic rings. The topological polar surface area (TPSA) is 49.7 Å². The quantitative estimate of drug-likeness (QED) is 0.518. The first-order chi connectivity index (χ1) is 11.9. The summed E-state index contributed by atoms with van der Waals surface area (Å²) in [5.74, 6) is 1.07. The van der Waals surface area contributed by atoms with E-state index >= 15 is 0 Å². The summed E-state index contributed by atoms with van der Waals surface area (Å²) in [6.07, 6.45) is 3.62. The molecule has 0 spiro atoms. The van der Waals surface area contributed by atoms with Gasteiger partial charge in [0, 0.05) is 16.9 Å². The number of thioether (sulfide) groups is 2. The minimum absolute atomic E-state index is 0.0424. The largest absolute Gasteiger partial charge is 0.507 e. The van der Waals surface area contributed by atoms with E-state index in [0.29, 0.717) is 11.4 Å². The minimum atomic E-state index is -0.207. The number of phenols is 1. The number of aromatic hydroxyl groups is 1. The van der Waals surface area contributed by atoms with Crippen LogP contribution in [0.3, 0.4) is 0 Å². The van der Waals surface area contributed by atoms with Gasteiger partial charge in [-0.3, -0.25) is 4.79 Å². The summed E-state index contributed by atoms with van der Waals surface area (Å²) in [6, 6.07) is 3.92. The van der Waals surface area contributed by atoms with E-state index in [2.05, 4.69) is 53.1 Å². The van der Waals surface area contributed by atoms with E-state index in [4.69, 9.17) is 0 Å². The van der Waals surface area contributed by atoms with Crippen molar-refractivity contribution < 1.29 is 9.90 Å². The van der Waals surface area contributed by atoms with E-state index in [1.807, 2.05) is 18.2 Å². The van der Waals surface area contributed by atoms with Crippen LogP contribution in [-0.2, 0) is 15.6 Å². The summed E-state index contributed by atoms with van der Waals surface area (Å²) in [5, 5.41) is 10.8. The maximum atomic E-state index is 12.3. The number of rotatable bonds is 3. The predicted molar refractivity (Wildman–Crippen MR) is 116 cm³/mol. The molecule has 3 nitrogen and oxygen atoms in total. The van der Waals surface area contributed by atoms with Gasteiger partial charge in [0.1, 0.15) is 15.8 Å². The van der Waals surface area contributed by atoms with Crippen molar-refractivity contribution in [2.45, 2.75) is 52.4 Å². The predicted octanol–water partition coefficient (Wildman–Crippen LogP) is 5.88. The highest BCUT2D eigenvalue weighted by Crippen LogP contribution is 2.40. The van der Waals surface area contributed by atoms with E-state index in [1.165, 1.54) is 11.8 Å². The molecule has 140 valence electrons. The van der Waals surface area contributed by atoms with Gasteiger partial charge in [0.2, 0.25) is 5.12 Å². The van der Waals surface area contributed by atoms with Crippen molar-refractivity contribution in [1.82, 2.24) is 0 Å². The third-order valence-electron chi connectivity index (χ3n) is 3.98. The van der Waals surface area contributed by atoms with Crippen LogP contribution < -0.4 is 0 Å². The van der Waals surface area contributed by atoms with E-state index < -0.39 is 0 Å². The van der Waals surface area contributed by atoms with Crippen molar-refractivity contribution in [3.05, 3.63) is 47.2 Å². The molecule has 1 aromatic carbocycles. The average molecular weight is 390 g/mol. The number of hydrogen-bond donors (Lipinski definition) is 1. The van der Waals surface area contributed by atoms with Gasteiger partial charge < -0.3 is 5.11 Å². The number of phenolic OH excluding ortho intramolecular Hbond substituents is 1. The number of carbonyl (C=O) groups is 1. The smallest absolute Gasteiger partial charge is 0.244 e. The third-order valence-corrected chi connectivity index (χ3v) is 5.98. The summed E-state index contributed by atoms with van der Waals surface area (Å²) < 4.78 is 0.756. The monoisotopic (exact) mass is 389 g/mol. The second-order valence-corrected chi connectivity index (χ2v) is 10.6. The Labute approximate surface area is 165 Å². The number of aliphatic imine (C=N–C) groups is 1. The summed E-state index contributed by atoms with van der Waals surface area (Å²) in [5.41, 5.74) is 2.68.